The standard InChI is InChI=1S/C8H18N.ClH.Mg/c1-6-9(7(2)3)8(4)5;;/h7-8H,1,6H2,2-5H3;1H;/q-1;;+2/p-1. The Bertz CT molecular complexity index is 68.5. The molecule has 0 fully saturated rings. The minimum Gasteiger partial charge on any atom is -1.00 e. The number of nitrogens with zero attached hydrogens (tertiary/aromatic N) is 1. The van der Waals surface area contributed by atoms with E-state index < -0.39 is 0 Å². The van der Waals surface area contributed by atoms with Gasteiger partial charge in [0.25, 0.3) is 0 Å². The number of hydrogen-bond acceptors (Lipinski definition) is 1. The van der Waals surface area contributed by atoms with Gasteiger partial charge in [-0.25, -0.2) is 0 Å². The summed E-state index contributed by atoms with van der Waals surface area (Å²) in [7, 11) is 0. The Morgan fingerprint density at radius 1 is 1.09 bits per heavy atom. The fraction of sp³-hybridized carbons (Fsp3) is 0.875. The molecule has 11 heavy (non-hydrogen) atoms. The summed E-state index contributed by atoms with van der Waals surface area (Å²) in [5.74, 6) is 0. The Morgan fingerprint density at radius 3 is 1.36 bits per heavy atom. The van der Waals surface area contributed by atoms with Gasteiger partial charge >= 0.3 is 23.1 Å². The van der Waals surface area contributed by atoms with Crippen LogP contribution in [0.15, 0.2) is 0 Å². The summed E-state index contributed by atoms with van der Waals surface area (Å²) >= 11 is 0. The van der Waals surface area contributed by atoms with Crippen LogP contribution in [0.2, 0.25) is 0 Å². The van der Waals surface area contributed by atoms with Crippen LogP contribution in [-0.2, 0) is 0 Å². The molecule has 0 unspecified atom stereocenters. The fourth-order valence-corrected chi connectivity index (χ4v) is 1.11. The van der Waals surface area contributed by atoms with Gasteiger partial charge in [0.05, 0.1) is 0 Å². The Kier molecular flexibility index (Phi) is 14.9. The largest absolute Gasteiger partial charge is 2.00 e. The van der Waals surface area contributed by atoms with Gasteiger partial charge in [-0.3, -0.25) is 0 Å². The Hall–Kier alpha value is 1.02. The van der Waals surface area contributed by atoms with Crippen LogP contribution in [0.1, 0.15) is 27.7 Å². The molecule has 0 amide bonds. The molecule has 0 radical (unpaired) electrons. The Morgan fingerprint density at radius 2 is 1.36 bits per heavy atom. The van der Waals surface area contributed by atoms with Gasteiger partial charge < -0.3 is 24.2 Å². The molecule has 0 heterocycles. The molecule has 0 aromatic carbocycles. The number of rotatable bonds is 3. The predicted molar refractivity (Wildman–Crippen MR) is 48.1 cm³/mol. The monoisotopic (exact) mass is 187 g/mol. The molecule has 0 bridgehead atoms. The smallest absolute Gasteiger partial charge is 1.00 e. The van der Waals surface area contributed by atoms with Crippen LogP contribution in [0.3, 0.4) is 0 Å². The first kappa shape index (κ1) is 17.9. The second-order valence-corrected chi connectivity index (χ2v) is 2.93. The third-order valence-corrected chi connectivity index (χ3v) is 1.58. The second kappa shape index (κ2) is 9.11. The van der Waals surface area contributed by atoms with E-state index in [2.05, 4.69) is 39.5 Å². The van der Waals surface area contributed by atoms with Gasteiger partial charge in [-0.05, 0) is 27.7 Å². The maximum absolute atomic E-state index is 3.85. The van der Waals surface area contributed by atoms with E-state index in [1.165, 1.54) is 0 Å². The average molecular weight is 188 g/mol. The summed E-state index contributed by atoms with van der Waals surface area (Å²) in [6.07, 6.45) is 0. The normalized spacial score (nSPS) is 9.82. The second-order valence-electron chi connectivity index (χ2n) is 2.93. The van der Waals surface area contributed by atoms with Crippen molar-refractivity contribution in [3.63, 3.8) is 0 Å². The summed E-state index contributed by atoms with van der Waals surface area (Å²) in [4.78, 5) is 2.35. The quantitative estimate of drug-likeness (QED) is 0.387. The molecule has 1 nitrogen and oxygen atoms in total. The van der Waals surface area contributed by atoms with Crippen molar-refractivity contribution in [1.29, 1.82) is 0 Å². The molecule has 0 atom stereocenters. The zero-order valence-electron chi connectivity index (χ0n) is 8.10. The summed E-state index contributed by atoms with van der Waals surface area (Å²) in [6.45, 7) is 13.6. The third-order valence-electron chi connectivity index (χ3n) is 1.58. The van der Waals surface area contributed by atoms with E-state index in [0.717, 1.165) is 6.54 Å². The van der Waals surface area contributed by atoms with Gasteiger partial charge in [-0.2, -0.15) is 0 Å². The maximum Gasteiger partial charge on any atom is 2.00 e. The van der Waals surface area contributed by atoms with Crippen molar-refractivity contribution in [2.75, 3.05) is 6.54 Å². The van der Waals surface area contributed by atoms with E-state index in [9.17, 15) is 0 Å². The Balaban J connectivity index is -0.000000320. The van der Waals surface area contributed by atoms with Crippen molar-refractivity contribution in [2.45, 2.75) is 39.8 Å². The maximum atomic E-state index is 3.85. The zero-order valence-corrected chi connectivity index (χ0v) is 10.3. The summed E-state index contributed by atoms with van der Waals surface area (Å²) in [5.41, 5.74) is 0. The molecule has 0 N–H and O–H groups in total. The van der Waals surface area contributed by atoms with Crippen LogP contribution in [0.4, 0.5) is 0 Å². The van der Waals surface area contributed by atoms with Crippen molar-refractivity contribution >= 4 is 23.1 Å². The molecule has 0 aliphatic carbocycles. The summed E-state index contributed by atoms with van der Waals surface area (Å²) < 4.78 is 0. The minimum atomic E-state index is 0. The van der Waals surface area contributed by atoms with Crippen molar-refractivity contribution in [3.8, 4) is 0 Å². The van der Waals surface area contributed by atoms with Crippen LogP contribution in [0.5, 0.6) is 0 Å². The molecule has 0 saturated heterocycles. The van der Waals surface area contributed by atoms with Crippen LogP contribution >= 0.6 is 0 Å². The van der Waals surface area contributed by atoms with E-state index in [-0.39, 0.29) is 35.5 Å². The molecule has 0 aliphatic rings. The Labute approximate surface area is 93.5 Å². The number of halogens is 1. The van der Waals surface area contributed by atoms with Crippen LogP contribution < -0.4 is 12.4 Å². The molecule has 0 rings (SSSR count). The molecule has 0 aromatic rings. The predicted octanol–water partition coefficient (Wildman–Crippen LogP) is -1.44. The average Bonchev–Trinajstić information content (AvgIpc) is 1.64. The number of hydrogen-bond donors (Lipinski definition) is 0. The van der Waals surface area contributed by atoms with Gasteiger partial charge in [0.2, 0.25) is 0 Å². The molecule has 0 aromatic heterocycles. The molecule has 3 heteroatoms. The van der Waals surface area contributed by atoms with Crippen LogP contribution in [0.25, 0.3) is 0 Å². The van der Waals surface area contributed by atoms with E-state index in [4.69, 9.17) is 0 Å². The van der Waals surface area contributed by atoms with E-state index in [0.29, 0.717) is 12.1 Å². The van der Waals surface area contributed by atoms with Crippen molar-refractivity contribution in [1.82, 2.24) is 4.90 Å². The first-order valence-electron chi connectivity index (χ1n) is 3.64. The third kappa shape index (κ3) is 7.38. The first-order chi connectivity index (χ1) is 4.09. The van der Waals surface area contributed by atoms with Gasteiger partial charge in [-0.15, -0.1) is 6.54 Å². The molecule has 0 aliphatic heterocycles. The van der Waals surface area contributed by atoms with Crippen molar-refractivity contribution in [2.24, 2.45) is 0 Å². The topological polar surface area (TPSA) is 3.24 Å². The molecule has 64 valence electrons. The molecule has 0 spiro atoms. The van der Waals surface area contributed by atoms with Crippen molar-refractivity contribution < 1.29 is 12.4 Å². The SMILES string of the molecule is [CH2-]CN(C(C)C)C(C)C.[Cl-].[Mg+2]. The summed E-state index contributed by atoms with van der Waals surface area (Å²) in [6, 6.07) is 1.25. The molecular formula is C8H18ClMgN. The van der Waals surface area contributed by atoms with Crippen LogP contribution in [-0.4, -0.2) is 46.6 Å². The van der Waals surface area contributed by atoms with Gasteiger partial charge in [-0.1, -0.05) is 0 Å². The van der Waals surface area contributed by atoms with E-state index >= 15 is 0 Å². The van der Waals surface area contributed by atoms with Crippen molar-refractivity contribution in [3.05, 3.63) is 6.92 Å². The van der Waals surface area contributed by atoms with Gasteiger partial charge in [0, 0.05) is 12.1 Å². The van der Waals surface area contributed by atoms with E-state index in [1.807, 2.05) is 0 Å². The minimum absolute atomic E-state index is 0. The van der Waals surface area contributed by atoms with Crippen LogP contribution in [0, 0.1) is 6.92 Å². The zero-order chi connectivity index (χ0) is 7.44. The summed E-state index contributed by atoms with van der Waals surface area (Å²) in [5, 5.41) is 0. The van der Waals surface area contributed by atoms with Gasteiger partial charge in [0.15, 0.2) is 0 Å². The molecule has 0 saturated carbocycles. The van der Waals surface area contributed by atoms with Gasteiger partial charge in [0.1, 0.15) is 0 Å². The first-order valence-corrected chi connectivity index (χ1v) is 3.64. The molecular weight excluding hydrogens is 170 g/mol. The fourth-order valence-electron chi connectivity index (χ4n) is 1.11. The van der Waals surface area contributed by atoms with E-state index in [1.54, 1.807) is 0 Å².